The third kappa shape index (κ3) is 2.74. The van der Waals surface area contributed by atoms with E-state index in [1.165, 1.54) is 11.8 Å². The number of carbonyl (C=O) groups is 1. The summed E-state index contributed by atoms with van der Waals surface area (Å²) < 4.78 is 0. The maximum Gasteiger partial charge on any atom is 0.339 e. The Hall–Kier alpha value is -1.94. The third-order valence-corrected chi connectivity index (χ3v) is 3.17. The van der Waals surface area contributed by atoms with Crippen molar-refractivity contribution in [3.63, 3.8) is 0 Å². The Morgan fingerprint density at radius 2 is 1.89 bits per heavy atom. The lowest BCUT2D eigenvalue weighted by atomic mass is 9.98. The summed E-state index contributed by atoms with van der Waals surface area (Å²) in [6.45, 7) is 4.20. The zero-order valence-corrected chi connectivity index (χ0v) is 11.3. The highest BCUT2D eigenvalue weighted by Crippen LogP contribution is 2.28. The summed E-state index contributed by atoms with van der Waals surface area (Å²) in [5.74, 6) is -0.685. The highest BCUT2D eigenvalue weighted by molar-refractivity contribution is 6.33. The van der Waals surface area contributed by atoms with Gasteiger partial charge in [0.15, 0.2) is 5.15 Å². The van der Waals surface area contributed by atoms with Crippen LogP contribution in [-0.2, 0) is 0 Å². The van der Waals surface area contributed by atoms with Gasteiger partial charge in [-0.05, 0) is 17.0 Å². The lowest BCUT2D eigenvalue weighted by molar-refractivity contribution is 0.0697. The van der Waals surface area contributed by atoms with Crippen LogP contribution in [0.1, 0.15) is 35.7 Å². The summed E-state index contributed by atoms with van der Waals surface area (Å²) in [6.07, 6.45) is 1.42. The second-order valence-corrected chi connectivity index (χ2v) is 4.86. The molecule has 2 rings (SSSR count). The van der Waals surface area contributed by atoms with Crippen LogP contribution in [0.5, 0.6) is 0 Å². The monoisotopic (exact) mass is 276 g/mol. The number of hydrogen-bond donors (Lipinski definition) is 1. The van der Waals surface area contributed by atoms with Gasteiger partial charge in [-0.2, -0.15) is 5.10 Å². The van der Waals surface area contributed by atoms with Crippen LogP contribution in [0, 0.1) is 0 Å². The van der Waals surface area contributed by atoms with Crippen LogP contribution in [0.4, 0.5) is 0 Å². The van der Waals surface area contributed by atoms with Gasteiger partial charge < -0.3 is 5.11 Å². The van der Waals surface area contributed by atoms with Crippen LogP contribution in [0.15, 0.2) is 30.5 Å². The fourth-order valence-electron chi connectivity index (χ4n) is 1.83. The molecule has 1 heterocycles. The number of rotatable bonds is 3. The minimum atomic E-state index is -1.11. The predicted molar refractivity (Wildman–Crippen MR) is 73.5 cm³/mol. The summed E-state index contributed by atoms with van der Waals surface area (Å²) >= 11 is 5.80. The normalized spacial score (nSPS) is 10.7. The average Bonchev–Trinajstić information content (AvgIpc) is 2.38. The first-order chi connectivity index (χ1) is 9.00. The number of aromatic nitrogens is 2. The molecule has 0 aliphatic heterocycles. The second kappa shape index (κ2) is 5.36. The van der Waals surface area contributed by atoms with Crippen LogP contribution in [0.3, 0.4) is 0 Å². The molecule has 1 aromatic carbocycles. The molecule has 0 spiro atoms. The number of carboxylic acid groups (broad SMARTS) is 1. The quantitative estimate of drug-likeness (QED) is 0.930. The van der Waals surface area contributed by atoms with E-state index < -0.39 is 5.97 Å². The van der Waals surface area contributed by atoms with Crippen molar-refractivity contribution in [3.8, 4) is 11.1 Å². The molecule has 4 nitrogen and oxygen atoms in total. The smallest absolute Gasteiger partial charge is 0.339 e. The Bertz CT molecular complexity index is 609. The van der Waals surface area contributed by atoms with Crippen LogP contribution >= 0.6 is 11.6 Å². The van der Waals surface area contributed by atoms with Gasteiger partial charge in [-0.15, -0.1) is 5.10 Å². The van der Waals surface area contributed by atoms with E-state index in [2.05, 4.69) is 24.0 Å². The predicted octanol–water partition coefficient (Wildman–Crippen LogP) is 3.62. The first kappa shape index (κ1) is 13.5. The molecule has 98 valence electrons. The first-order valence-electron chi connectivity index (χ1n) is 5.85. The molecule has 5 heteroatoms. The number of carboxylic acids is 1. The van der Waals surface area contributed by atoms with Gasteiger partial charge in [-0.25, -0.2) is 4.79 Å². The van der Waals surface area contributed by atoms with Gasteiger partial charge in [0.25, 0.3) is 0 Å². The highest BCUT2D eigenvalue weighted by atomic mass is 35.5. The minimum absolute atomic E-state index is 0.0195. The number of nitrogens with zero attached hydrogens (tertiary/aromatic N) is 2. The van der Waals surface area contributed by atoms with Gasteiger partial charge in [0, 0.05) is 5.56 Å². The van der Waals surface area contributed by atoms with E-state index in [4.69, 9.17) is 11.6 Å². The van der Waals surface area contributed by atoms with Gasteiger partial charge in [0.2, 0.25) is 0 Å². The Morgan fingerprint density at radius 3 is 2.42 bits per heavy atom. The molecule has 0 aliphatic carbocycles. The summed E-state index contributed by atoms with van der Waals surface area (Å²) in [4.78, 5) is 11.2. The van der Waals surface area contributed by atoms with Crippen molar-refractivity contribution in [1.82, 2.24) is 10.2 Å². The standard InChI is InChI=1S/C14H13ClN2O2/c1-8(2)9-3-5-10(6-4-9)11-7-16-17-13(15)12(11)14(18)19/h3-8H,1-2H3,(H,18,19). The minimum Gasteiger partial charge on any atom is -0.478 e. The Morgan fingerprint density at radius 1 is 1.26 bits per heavy atom. The van der Waals surface area contributed by atoms with Crippen molar-refractivity contribution in [1.29, 1.82) is 0 Å². The number of halogens is 1. The van der Waals surface area contributed by atoms with Crippen LogP contribution in [0.2, 0.25) is 5.15 Å². The Kier molecular flexibility index (Phi) is 3.81. The zero-order valence-electron chi connectivity index (χ0n) is 10.6. The van der Waals surface area contributed by atoms with Crippen molar-refractivity contribution in [2.24, 2.45) is 0 Å². The molecular formula is C14H13ClN2O2. The van der Waals surface area contributed by atoms with Gasteiger partial charge in [-0.3, -0.25) is 0 Å². The summed E-state index contributed by atoms with van der Waals surface area (Å²) in [5.41, 5.74) is 2.41. The van der Waals surface area contributed by atoms with E-state index in [0.717, 1.165) is 5.56 Å². The average molecular weight is 277 g/mol. The molecule has 0 saturated heterocycles. The van der Waals surface area contributed by atoms with Crippen LogP contribution in [0.25, 0.3) is 11.1 Å². The lowest BCUT2D eigenvalue weighted by Gasteiger charge is -2.09. The summed E-state index contributed by atoms with van der Waals surface area (Å²) in [5, 5.41) is 16.4. The Labute approximate surface area is 116 Å². The molecule has 0 aliphatic rings. The van der Waals surface area contributed by atoms with Gasteiger partial charge >= 0.3 is 5.97 Å². The molecule has 1 N–H and O–H groups in total. The van der Waals surface area contributed by atoms with E-state index in [1.54, 1.807) is 0 Å². The summed E-state index contributed by atoms with van der Waals surface area (Å²) in [7, 11) is 0. The molecule has 0 radical (unpaired) electrons. The van der Waals surface area contributed by atoms with E-state index in [0.29, 0.717) is 11.5 Å². The molecular weight excluding hydrogens is 264 g/mol. The van der Waals surface area contributed by atoms with E-state index in [-0.39, 0.29) is 10.7 Å². The molecule has 0 bridgehead atoms. The topological polar surface area (TPSA) is 63.1 Å². The highest BCUT2D eigenvalue weighted by Gasteiger charge is 2.17. The first-order valence-corrected chi connectivity index (χ1v) is 6.23. The fraction of sp³-hybridized carbons (Fsp3) is 0.214. The molecule has 2 aromatic rings. The second-order valence-electron chi connectivity index (χ2n) is 4.51. The van der Waals surface area contributed by atoms with Crippen molar-refractivity contribution in [3.05, 3.63) is 46.7 Å². The maximum atomic E-state index is 11.2. The molecule has 0 saturated carbocycles. The lowest BCUT2D eigenvalue weighted by Crippen LogP contribution is -2.03. The van der Waals surface area contributed by atoms with Crippen molar-refractivity contribution in [2.75, 3.05) is 0 Å². The SMILES string of the molecule is CC(C)c1ccc(-c2cnnc(Cl)c2C(=O)O)cc1. The zero-order chi connectivity index (χ0) is 14.0. The van der Waals surface area contributed by atoms with Gasteiger partial charge in [0.1, 0.15) is 5.56 Å². The molecule has 0 amide bonds. The molecule has 19 heavy (non-hydrogen) atoms. The molecule has 1 aromatic heterocycles. The van der Waals surface area contributed by atoms with Gasteiger partial charge in [0.05, 0.1) is 6.20 Å². The van der Waals surface area contributed by atoms with Gasteiger partial charge in [-0.1, -0.05) is 49.7 Å². The van der Waals surface area contributed by atoms with Crippen LogP contribution < -0.4 is 0 Å². The fourth-order valence-corrected chi connectivity index (χ4v) is 2.06. The van der Waals surface area contributed by atoms with Crippen LogP contribution in [-0.4, -0.2) is 21.3 Å². The molecule has 0 atom stereocenters. The van der Waals surface area contributed by atoms with E-state index in [1.807, 2.05) is 24.3 Å². The maximum absolute atomic E-state index is 11.2. The Balaban J connectivity index is 2.53. The number of aromatic carboxylic acids is 1. The van der Waals surface area contributed by atoms with Crippen molar-refractivity contribution < 1.29 is 9.90 Å². The van der Waals surface area contributed by atoms with E-state index in [9.17, 15) is 9.90 Å². The summed E-state index contributed by atoms with van der Waals surface area (Å²) in [6, 6.07) is 7.68. The number of benzene rings is 1. The van der Waals surface area contributed by atoms with E-state index >= 15 is 0 Å². The largest absolute Gasteiger partial charge is 0.478 e. The number of hydrogen-bond acceptors (Lipinski definition) is 3. The van der Waals surface area contributed by atoms with Crippen molar-refractivity contribution in [2.45, 2.75) is 19.8 Å². The molecule has 0 fully saturated rings. The van der Waals surface area contributed by atoms with Crippen molar-refractivity contribution >= 4 is 17.6 Å². The third-order valence-electron chi connectivity index (χ3n) is 2.91. The molecule has 0 unspecified atom stereocenters.